The Morgan fingerprint density at radius 3 is 2.95 bits per heavy atom. The van der Waals surface area contributed by atoms with Crippen molar-refractivity contribution >= 4 is 22.9 Å². The van der Waals surface area contributed by atoms with Crippen molar-refractivity contribution in [2.75, 3.05) is 6.54 Å². The molecule has 4 heteroatoms. The minimum absolute atomic E-state index is 0.575. The molecule has 1 fully saturated rings. The summed E-state index contributed by atoms with van der Waals surface area (Å²) in [6.45, 7) is 3.22. The fourth-order valence-corrected chi connectivity index (χ4v) is 4.17. The summed E-state index contributed by atoms with van der Waals surface area (Å²) in [5.74, 6) is 0. The third kappa shape index (κ3) is 3.18. The van der Waals surface area contributed by atoms with Gasteiger partial charge in [-0.3, -0.25) is 0 Å². The molecule has 1 aromatic heterocycles. The minimum atomic E-state index is 0.575. The van der Waals surface area contributed by atoms with Crippen molar-refractivity contribution in [3.8, 4) is 0 Å². The minimum Gasteiger partial charge on any atom is -0.431 e. The fourth-order valence-electron chi connectivity index (χ4n) is 2.94. The normalized spacial score (nSPS) is 23.9. The summed E-state index contributed by atoms with van der Waals surface area (Å²) in [5.41, 5.74) is 1.85. The Bertz CT molecular complexity index is 521. The zero-order valence-electron chi connectivity index (χ0n) is 12.0. The molecule has 1 N–H and O–H groups in total. The average Bonchev–Trinajstić information content (AvgIpc) is 2.74. The molecule has 20 heavy (non-hydrogen) atoms. The Hall–Kier alpha value is -1.00. The number of nitrogens with zero attached hydrogens (tertiary/aromatic N) is 1. The molecule has 1 aliphatic rings. The van der Waals surface area contributed by atoms with Crippen LogP contribution in [0.25, 0.3) is 11.1 Å². The molecule has 2 unspecified atom stereocenters. The number of hydrogen-bond acceptors (Lipinski definition) is 4. The Kier molecular flexibility index (Phi) is 4.63. The van der Waals surface area contributed by atoms with Gasteiger partial charge in [0.1, 0.15) is 5.52 Å². The molecule has 1 aromatic carbocycles. The van der Waals surface area contributed by atoms with Gasteiger partial charge in [-0.15, -0.1) is 0 Å². The van der Waals surface area contributed by atoms with Crippen LogP contribution >= 0.6 is 11.8 Å². The lowest BCUT2D eigenvalue weighted by molar-refractivity contribution is 0.465. The molecule has 0 amide bonds. The van der Waals surface area contributed by atoms with Crippen LogP contribution in [-0.4, -0.2) is 22.8 Å². The van der Waals surface area contributed by atoms with Crippen LogP contribution in [-0.2, 0) is 0 Å². The van der Waals surface area contributed by atoms with Crippen molar-refractivity contribution in [2.24, 2.45) is 0 Å². The van der Waals surface area contributed by atoms with Gasteiger partial charge in [-0.1, -0.05) is 50.1 Å². The van der Waals surface area contributed by atoms with E-state index in [9.17, 15) is 0 Å². The van der Waals surface area contributed by atoms with E-state index in [0.717, 1.165) is 22.9 Å². The van der Waals surface area contributed by atoms with Gasteiger partial charge in [0.2, 0.25) is 0 Å². The lowest BCUT2D eigenvalue weighted by Gasteiger charge is -2.23. The second-order valence-electron chi connectivity index (χ2n) is 5.41. The van der Waals surface area contributed by atoms with Gasteiger partial charge in [0.15, 0.2) is 5.58 Å². The smallest absolute Gasteiger partial charge is 0.257 e. The molecule has 1 aliphatic carbocycles. The monoisotopic (exact) mass is 290 g/mol. The van der Waals surface area contributed by atoms with Crippen LogP contribution in [0.15, 0.2) is 33.9 Å². The molecule has 0 saturated heterocycles. The second-order valence-corrected chi connectivity index (χ2v) is 6.60. The molecular weight excluding hydrogens is 268 g/mol. The highest BCUT2D eigenvalue weighted by Crippen LogP contribution is 2.34. The van der Waals surface area contributed by atoms with Crippen molar-refractivity contribution in [2.45, 2.75) is 55.5 Å². The maximum Gasteiger partial charge on any atom is 0.257 e. The van der Waals surface area contributed by atoms with Crippen LogP contribution in [0.1, 0.15) is 39.0 Å². The van der Waals surface area contributed by atoms with E-state index < -0.39 is 0 Å². The molecule has 1 saturated carbocycles. The SMILES string of the molecule is CCNC1CCCCCC1Sc1nc2ccccc2o1. The molecule has 0 spiro atoms. The van der Waals surface area contributed by atoms with Gasteiger partial charge < -0.3 is 9.73 Å². The Morgan fingerprint density at radius 2 is 2.10 bits per heavy atom. The van der Waals surface area contributed by atoms with Crippen LogP contribution in [0.4, 0.5) is 0 Å². The number of thioether (sulfide) groups is 1. The van der Waals surface area contributed by atoms with E-state index in [1.165, 1.54) is 32.1 Å². The quantitative estimate of drug-likeness (QED) is 0.855. The van der Waals surface area contributed by atoms with Crippen molar-refractivity contribution < 1.29 is 4.42 Å². The molecule has 0 bridgehead atoms. The van der Waals surface area contributed by atoms with Gasteiger partial charge in [-0.2, -0.15) is 0 Å². The topological polar surface area (TPSA) is 38.1 Å². The average molecular weight is 290 g/mol. The molecule has 3 nitrogen and oxygen atoms in total. The number of para-hydroxylation sites is 2. The molecule has 1 heterocycles. The van der Waals surface area contributed by atoms with E-state index in [0.29, 0.717) is 11.3 Å². The molecule has 2 aromatic rings. The highest BCUT2D eigenvalue weighted by atomic mass is 32.2. The van der Waals surface area contributed by atoms with Gasteiger partial charge in [0, 0.05) is 11.3 Å². The summed E-state index contributed by atoms with van der Waals surface area (Å²) in [6.07, 6.45) is 6.53. The summed E-state index contributed by atoms with van der Waals surface area (Å²) in [7, 11) is 0. The number of nitrogens with one attached hydrogen (secondary N) is 1. The van der Waals surface area contributed by atoms with Crippen LogP contribution in [0, 0.1) is 0 Å². The molecular formula is C16H22N2OS. The van der Waals surface area contributed by atoms with Gasteiger partial charge in [-0.25, -0.2) is 4.98 Å². The Balaban J connectivity index is 1.76. The number of fused-ring (bicyclic) bond motifs is 1. The number of oxazole rings is 1. The summed E-state index contributed by atoms with van der Waals surface area (Å²) in [6, 6.07) is 8.59. The second kappa shape index (κ2) is 6.64. The first-order chi connectivity index (χ1) is 9.86. The van der Waals surface area contributed by atoms with Crippen molar-refractivity contribution in [1.82, 2.24) is 10.3 Å². The molecule has 0 radical (unpaired) electrons. The van der Waals surface area contributed by atoms with Gasteiger partial charge in [0.25, 0.3) is 5.22 Å². The predicted molar refractivity (Wildman–Crippen MR) is 84.2 cm³/mol. The standard InChI is InChI=1S/C16H22N2OS/c1-2-17-13-9-4-3-5-11-15(13)20-16-18-12-8-6-7-10-14(12)19-16/h6-8,10,13,15,17H,2-5,9,11H2,1H3. The maximum absolute atomic E-state index is 5.86. The third-order valence-electron chi connectivity index (χ3n) is 3.95. The third-order valence-corrected chi connectivity index (χ3v) is 5.19. The van der Waals surface area contributed by atoms with Crippen LogP contribution in [0.5, 0.6) is 0 Å². The number of hydrogen-bond donors (Lipinski definition) is 1. The number of rotatable bonds is 4. The van der Waals surface area contributed by atoms with Crippen LogP contribution < -0.4 is 5.32 Å². The first-order valence-electron chi connectivity index (χ1n) is 7.62. The van der Waals surface area contributed by atoms with E-state index in [1.54, 1.807) is 0 Å². The van der Waals surface area contributed by atoms with E-state index in [2.05, 4.69) is 17.2 Å². The summed E-state index contributed by atoms with van der Waals surface area (Å²) >= 11 is 1.81. The predicted octanol–water partition coefficient (Wildman–Crippen LogP) is 4.23. The molecule has 2 atom stereocenters. The summed E-state index contributed by atoms with van der Waals surface area (Å²) in [5, 5.41) is 5.03. The van der Waals surface area contributed by atoms with Crippen LogP contribution in [0.2, 0.25) is 0 Å². The van der Waals surface area contributed by atoms with Crippen molar-refractivity contribution in [3.05, 3.63) is 24.3 Å². The van der Waals surface area contributed by atoms with Crippen molar-refractivity contribution in [3.63, 3.8) is 0 Å². The molecule has 0 aliphatic heterocycles. The first kappa shape index (κ1) is 14.0. The Labute approximate surface area is 124 Å². The highest BCUT2D eigenvalue weighted by Gasteiger charge is 2.25. The van der Waals surface area contributed by atoms with E-state index >= 15 is 0 Å². The molecule has 108 valence electrons. The lowest BCUT2D eigenvalue weighted by atomic mass is 10.1. The highest BCUT2D eigenvalue weighted by molar-refractivity contribution is 7.99. The first-order valence-corrected chi connectivity index (χ1v) is 8.50. The largest absolute Gasteiger partial charge is 0.431 e. The van der Waals surface area contributed by atoms with Crippen LogP contribution in [0.3, 0.4) is 0 Å². The molecule has 3 rings (SSSR count). The van der Waals surface area contributed by atoms with Gasteiger partial charge in [0.05, 0.1) is 0 Å². The fraction of sp³-hybridized carbons (Fsp3) is 0.562. The van der Waals surface area contributed by atoms with Crippen molar-refractivity contribution in [1.29, 1.82) is 0 Å². The summed E-state index contributed by atoms with van der Waals surface area (Å²) in [4.78, 5) is 4.60. The van der Waals surface area contributed by atoms with E-state index in [4.69, 9.17) is 4.42 Å². The van der Waals surface area contributed by atoms with E-state index in [1.807, 2.05) is 36.0 Å². The number of aromatic nitrogens is 1. The van der Waals surface area contributed by atoms with Gasteiger partial charge in [-0.05, 0) is 31.5 Å². The zero-order chi connectivity index (χ0) is 13.8. The van der Waals surface area contributed by atoms with E-state index in [-0.39, 0.29) is 0 Å². The summed E-state index contributed by atoms with van der Waals surface area (Å²) < 4.78 is 5.86. The zero-order valence-corrected chi connectivity index (χ0v) is 12.8. The lowest BCUT2D eigenvalue weighted by Crippen LogP contribution is -2.37. The maximum atomic E-state index is 5.86. The number of benzene rings is 1. The Morgan fingerprint density at radius 1 is 1.25 bits per heavy atom. The van der Waals surface area contributed by atoms with Gasteiger partial charge >= 0.3 is 0 Å².